The van der Waals surface area contributed by atoms with Gasteiger partial charge < -0.3 is 0 Å². The summed E-state index contributed by atoms with van der Waals surface area (Å²) in [6.45, 7) is 0. The van der Waals surface area contributed by atoms with E-state index in [0.717, 1.165) is 25.7 Å². The fourth-order valence-corrected chi connectivity index (χ4v) is 3.83. The van der Waals surface area contributed by atoms with Crippen LogP contribution in [0.15, 0.2) is 121 Å². The summed E-state index contributed by atoms with van der Waals surface area (Å²) in [6.07, 6.45) is 12.2. The van der Waals surface area contributed by atoms with Gasteiger partial charge in [-0.2, -0.15) is 0 Å². The summed E-state index contributed by atoms with van der Waals surface area (Å²) >= 11 is 0. The lowest BCUT2D eigenvalue weighted by Gasteiger charge is -2.02. The number of aryl methyl sites for hydroxylation is 4. The highest BCUT2D eigenvalue weighted by Crippen LogP contribution is 2.11. The molecule has 0 heteroatoms. The Hall–Kier alpha value is -4.08. The van der Waals surface area contributed by atoms with Crippen molar-refractivity contribution >= 4 is 12.2 Å². The molecule has 0 heterocycles. The van der Waals surface area contributed by atoms with Gasteiger partial charge in [0.2, 0.25) is 0 Å². The fourth-order valence-electron chi connectivity index (χ4n) is 3.83. The molecular formula is C34H30. The molecule has 0 atom stereocenters. The SMILES string of the molecule is C(#CC=Cc1ccc(CCc2ccccc2)cc1)C=Cc1ccc(CCc2ccccc2)cc1. The summed E-state index contributed by atoms with van der Waals surface area (Å²) in [5.41, 5.74) is 7.84. The van der Waals surface area contributed by atoms with Crippen molar-refractivity contribution in [3.05, 3.63) is 155 Å². The van der Waals surface area contributed by atoms with Crippen LogP contribution >= 0.6 is 0 Å². The zero-order chi connectivity index (χ0) is 23.3. The van der Waals surface area contributed by atoms with Gasteiger partial charge in [0.05, 0.1) is 0 Å². The van der Waals surface area contributed by atoms with Crippen LogP contribution in [0.4, 0.5) is 0 Å². The van der Waals surface area contributed by atoms with E-state index >= 15 is 0 Å². The lowest BCUT2D eigenvalue weighted by molar-refractivity contribution is 0.960. The average molecular weight is 439 g/mol. The molecule has 0 unspecified atom stereocenters. The van der Waals surface area contributed by atoms with Crippen molar-refractivity contribution in [2.45, 2.75) is 25.7 Å². The van der Waals surface area contributed by atoms with E-state index < -0.39 is 0 Å². The Labute approximate surface area is 204 Å². The average Bonchev–Trinajstić information content (AvgIpc) is 2.91. The third-order valence-electron chi connectivity index (χ3n) is 5.85. The van der Waals surface area contributed by atoms with Gasteiger partial charge in [-0.1, -0.05) is 121 Å². The van der Waals surface area contributed by atoms with E-state index in [1.54, 1.807) is 0 Å². The molecule has 0 aliphatic rings. The molecule has 4 aromatic carbocycles. The van der Waals surface area contributed by atoms with Crippen molar-refractivity contribution < 1.29 is 0 Å². The maximum Gasteiger partial charge on any atom is -0.0109 e. The van der Waals surface area contributed by atoms with Crippen LogP contribution in [0.25, 0.3) is 12.2 Å². The predicted octanol–water partition coefficient (Wildman–Crippen LogP) is 7.99. The van der Waals surface area contributed by atoms with E-state index in [0.29, 0.717) is 0 Å². The molecule has 0 fully saturated rings. The van der Waals surface area contributed by atoms with Gasteiger partial charge in [-0.3, -0.25) is 0 Å². The van der Waals surface area contributed by atoms with Gasteiger partial charge in [0.1, 0.15) is 0 Å². The quantitative estimate of drug-likeness (QED) is 0.245. The Bertz CT molecular complexity index is 1150. The molecule has 4 aromatic rings. The number of allylic oxidation sites excluding steroid dienone is 2. The van der Waals surface area contributed by atoms with E-state index in [4.69, 9.17) is 0 Å². The molecular weight excluding hydrogens is 408 g/mol. The van der Waals surface area contributed by atoms with Crippen LogP contribution in [0.5, 0.6) is 0 Å². The van der Waals surface area contributed by atoms with E-state index in [9.17, 15) is 0 Å². The highest BCUT2D eigenvalue weighted by atomic mass is 14.0. The highest BCUT2D eigenvalue weighted by Gasteiger charge is 1.96. The van der Waals surface area contributed by atoms with Crippen molar-refractivity contribution in [3.63, 3.8) is 0 Å². The minimum absolute atomic E-state index is 1.06. The zero-order valence-corrected chi connectivity index (χ0v) is 19.5. The summed E-state index contributed by atoms with van der Waals surface area (Å²) in [5, 5.41) is 0. The van der Waals surface area contributed by atoms with E-state index in [1.165, 1.54) is 33.4 Å². The van der Waals surface area contributed by atoms with Crippen LogP contribution < -0.4 is 0 Å². The van der Waals surface area contributed by atoms with E-state index in [2.05, 4.69) is 133 Å². The lowest BCUT2D eigenvalue weighted by atomic mass is 10.0. The van der Waals surface area contributed by atoms with Crippen molar-refractivity contribution in [2.75, 3.05) is 0 Å². The van der Waals surface area contributed by atoms with Gasteiger partial charge in [-0.25, -0.2) is 0 Å². The van der Waals surface area contributed by atoms with Crippen LogP contribution in [0.2, 0.25) is 0 Å². The van der Waals surface area contributed by atoms with E-state index in [-0.39, 0.29) is 0 Å². The topological polar surface area (TPSA) is 0 Å². The molecule has 0 radical (unpaired) electrons. The van der Waals surface area contributed by atoms with Gasteiger partial charge in [0, 0.05) is 0 Å². The van der Waals surface area contributed by atoms with Crippen LogP contribution in [0.1, 0.15) is 33.4 Å². The summed E-state index contributed by atoms with van der Waals surface area (Å²) in [6, 6.07) is 38.8. The van der Waals surface area contributed by atoms with Crippen molar-refractivity contribution in [2.24, 2.45) is 0 Å². The second kappa shape index (κ2) is 12.8. The molecule has 0 aliphatic carbocycles. The zero-order valence-electron chi connectivity index (χ0n) is 19.5. The molecule has 166 valence electrons. The Morgan fingerprint density at radius 1 is 0.382 bits per heavy atom. The van der Waals surface area contributed by atoms with Gasteiger partial charge in [0.25, 0.3) is 0 Å². The number of hydrogen-bond donors (Lipinski definition) is 0. The van der Waals surface area contributed by atoms with Gasteiger partial charge in [-0.15, -0.1) is 0 Å². The molecule has 0 saturated carbocycles. The molecule has 0 aliphatic heterocycles. The van der Waals surface area contributed by atoms with Crippen molar-refractivity contribution in [3.8, 4) is 11.8 Å². The third-order valence-corrected chi connectivity index (χ3v) is 5.85. The Kier molecular flexibility index (Phi) is 8.71. The highest BCUT2D eigenvalue weighted by molar-refractivity contribution is 5.56. The Morgan fingerprint density at radius 2 is 0.706 bits per heavy atom. The van der Waals surface area contributed by atoms with Crippen LogP contribution in [-0.2, 0) is 25.7 Å². The number of rotatable bonds is 8. The Balaban J connectivity index is 1.21. The minimum atomic E-state index is 1.06. The first kappa shape index (κ1) is 23.1. The molecule has 0 N–H and O–H groups in total. The molecule has 0 bridgehead atoms. The maximum absolute atomic E-state index is 3.10. The van der Waals surface area contributed by atoms with Gasteiger partial charge >= 0.3 is 0 Å². The third kappa shape index (κ3) is 7.80. The largest absolute Gasteiger partial charge is 0.0702 e. The standard InChI is InChI=1S/C34H30/c1(5-15-31-19-25-33(26-20-31)23-17-29-11-7-3-8-12-29)2-6-16-32-21-27-34(28-22-32)24-18-30-13-9-4-10-14-30/h3-16,19-22,25-28H,17-18,23-24H2. The minimum Gasteiger partial charge on any atom is -0.0702 e. The monoisotopic (exact) mass is 438 g/mol. The smallest absolute Gasteiger partial charge is 0.0109 e. The molecule has 34 heavy (non-hydrogen) atoms. The fraction of sp³-hybridized carbons (Fsp3) is 0.118. The molecule has 4 rings (SSSR count). The molecule has 0 saturated heterocycles. The summed E-state index contributed by atoms with van der Waals surface area (Å²) in [7, 11) is 0. The first-order valence-electron chi connectivity index (χ1n) is 11.9. The normalized spacial score (nSPS) is 10.9. The predicted molar refractivity (Wildman–Crippen MR) is 146 cm³/mol. The van der Waals surface area contributed by atoms with Crippen LogP contribution in [0, 0.1) is 11.8 Å². The van der Waals surface area contributed by atoms with Crippen LogP contribution in [-0.4, -0.2) is 0 Å². The summed E-state index contributed by atoms with van der Waals surface area (Å²) in [4.78, 5) is 0. The second-order valence-electron chi connectivity index (χ2n) is 8.41. The van der Waals surface area contributed by atoms with Crippen molar-refractivity contribution in [1.29, 1.82) is 0 Å². The van der Waals surface area contributed by atoms with Crippen molar-refractivity contribution in [1.82, 2.24) is 0 Å². The number of hydrogen-bond acceptors (Lipinski definition) is 0. The molecule has 0 aromatic heterocycles. The summed E-state index contributed by atoms with van der Waals surface area (Å²) < 4.78 is 0. The first-order chi connectivity index (χ1) is 16.8. The summed E-state index contributed by atoms with van der Waals surface area (Å²) in [5.74, 6) is 6.20. The van der Waals surface area contributed by atoms with Gasteiger partial charge in [-0.05, 0) is 83.4 Å². The number of benzene rings is 4. The maximum atomic E-state index is 3.10. The second-order valence-corrected chi connectivity index (χ2v) is 8.41. The first-order valence-corrected chi connectivity index (χ1v) is 11.9. The lowest BCUT2D eigenvalue weighted by Crippen LogP contribution is -1.90. The molecule has 0 spiro atoms. The molecule has 0 nitrogen and oxygen atoms in total. The Morgan fingerprint density at radius 3 is 1.06 bits per heavy atom. The van der Waals surface area contributed by atoms with Crippen LogP contribution in [0.3, 0.4) is 0 Å². The van der Waals surface area contributed by atoms with Gasteiger partial charge in [0.15, 0.2) is 0 Å². The molecule has 0 amide bonds. The van der Waals surface area contributed by atoms with E-state index in [1.807, 2.05) is 12.2 Å².